The zero-order valence-corrected chi connectivity index (χ0v) is 17.5. The molecule has 0 bridgehead atoms. The van der Waals surface area contributed by atoms with Crippen LogP contribution in [-0.4, -0.2) is 63.8 Å². The van der Waals surface area contributed by atoms with Crippen molar-refractivity contribution in [2.24, 2.45) is 0 Å². The van der Waals surface area contributed by atoms with Gasteiger partial charge in [-0.05, 0) is 24.3 Å². The lowest BCUT2D eigenvalue weighted by Gasteiger charge is -2.15. The molecule has 0 aliphatic carbocycles. The Morgan fingerprint density at radius 1 is 1.13 bits per heavy atom. The van der Waals surface area contributed by atoms with E-state index in [1.54, 1.807) is 37.4 Å². The lowest BCUT2D eigenvalue weighted by Crippen LogP contribution is -2.38. The van der Waals surface area contributed by atoms with Crippen LogP contribution < -0.4 is 25.4 Å². The summed E-state index contributed by atoms with van der Waals surface area (Å²) in [6, 6.07) is 15.8. The topological polar surface area (TPSA) is 125 Å². The van der Waals surface area contributed by atoms with Crippen LogP contribution in [0.1, 0.15) is 5.56 Å². The molecule has 0 heterocycles. The summed E-state index contributed by atoms with van der Waals surface area (Å²) in [4.78, 5) is 11.8. The van der Waals surface area contributed by atoms with E-state index in [-0.39, 0.29) is 19.2 Å². The number of para-hydroxylation sites is 1. The molecule has 31 heavy (non-hydrogen) atoms. The summed E-state index contributed by atoms with van der Waals surface area (Å²) in [7, 11) is 1.58. The lowest BCUT2D eigenvalue weighted by molar-refractivity contribution is 0.106. The van der Waals surface area contributed by atoms with Crippen molar-refractivity contribution in [1.82, 2.24) is 10.6 Å². The molecule has 4 N–H and O–H groups in total. The van der Waals surface area contributed by atoms with Crippen LogP contribution in [0.4, 0.5) is 10.5 Å². The van der Waals surface area contributed by atoms with Crippen LogP contribution in [0.3, 0.4) is 0 Å². The molecule has 9 nitrogen and oxygen atoms in total. The van der Waals surface area contributed by atoms with Gasteiger partial charge in [0.2, 0.25) is 0 Å². The molecule has 1 unspecified atom stereocenters. The Kier molecular flexibility index (Phi) is 10.7. The first kappa shape index (κ1) is 24.0. The van der Waals surface area contributed by atoms with Crippen molar-refractivity contribution in [2.75, 3.05) is 51.9 Å². The molecule has 0 aliphatic heterocycles. The number of hydrogen-bond acceptors (Lipinski definition) is 7. The predicted octanol–water partition coefficient (Wildman–Crippen LogP) is 1.73. The van der Waals surface area contributed by atoms with E-state index >= 15 is 0 Å². The minimum atomic E-state index is -0.776. The van der Waals surface area contributed by atoms with Gasteiger partial charge >= 0.3 is 6.03 Å². The minimum absolute atomic E-state index is 0.0213. The summed E-state index contributed by atoms with van der Waals surface area (Å²) in [6.45, 7) is 2.02. The third kappa shape index (κ3) is 9.35. The van der Waals surface area contributed by atoms with Crippen molar-refractivity contribution in [3.63, 3.8) is 0 Å². The largest absolute Gasteiger partial charge is 0.491 e. The van der Waals surface area contributed by atoms with Crippen LogP contribution >= 0.6 is 0 Å². The molecule has 166 valence electrons. The number of nitriles is 1. The summed E-state index contributed by atoms with van der Waals surface area (Å²) >= 11 is 0. The molecule has 2 aromatic carbocycles. The molecule has 0 saturated heterocycles. The number of aliphatic hydroxyl groups excluding tert-OH is 1. The zero-order valence-electron chi connectivity index (χ0n) is 17.5. The Hall–Kier alpha value is -3.32. The Morgan fingerprint density at radius 3 is 2.68 bits per heavy atom. The van der Waals surface area contributed by atoms with E-state index in [0.29, 0.717) is 49.1 Å². The minimum Gasteiger partial charge on any atom is -0.491 e. The standard InChI is InChI=1S/C22H28N4O5/c1-29-11-12-30-20-7-8-21(17(13-20)14-23)31-16-19(27)15-24-9-10-25-22(28)26-18-5-3-2-4-6-18/h2-8,13,19,24,27H,9-12,15-16H2,1H3,(H2,25,26,28). The monoisotopic (exact) mass is 428 g/mol. The fraction of sp³-hybridized carbons (Fsp3) is 0.364. The summed E-state index contributed by atoms with van der Waals surface area (Å²) in [5.41, 5.74) is 1.04. The number of ether oxygens (including phenoxy) is 3. The number of aliphatic hydroxyl groups is 1. The first-order valence-corrected chi connectivity index (χ1v) is 9.89. The molecule has 0 aliphatic rings. The first-order valence-electron chi connectivity index (χ1n) is 9.89. The second kappa shape index (κ2) is 13.8. The fourth-order valence-electron chi connectivity index (χ4n) is 2.53. The van der Waals surface area contributed by atoms with Gasteiger partial charge in [0.1, 0.15) is 36.9 Å². The number of anilines is 1. The van der Waals surface area contributed by atoms with Crippen LogP contribution in [0.25, 0.3) is 0 Å². The molecule has 2 aromatic rings. The van der Waals surface area contributed by atoms with Crippen molar-refractivity contribution in [2.45, 2.75) is 6.10 Å². The summed E-state index contributed by atoms with van der Waals surface area (Å²) in [5.74, 6) is 0.923. The first-order chi connectivity index (χ1) is 15.1. The molecule has 2 amide bonds. The van der Waals surface area contributed by atoms with Gasteiger partial charge in [-0.2, -0.15) is 5.26 Å². The number of hydrogen-bond donors (Lipinski definition) is 4. The molecule has 9 heteroatoms. The van der Waals surface area contributed by atoms with Crippen LogP contribution in [0.5, 0.6) is 11.5 Å². The zero-order chi connectivity index (χ0) is 22.3. The van der Waals surface area contributed by atoms with Crippen LogP contribution in [-0.2, 0) is 4.74 Å². The maximum Gasteiger partial charge on any atom is 0.319 e. The highest BCUT2D eigenvalue weighted by molar-refractivity contribution is 5.89. The van der Waals surface area contributed by atoms with Crippen molar-refractivity contribution in [3.8, 4) is 17.6 Å². The van der Waals surface area contributed by atoms with E-state index in [0.717, 1.165) is 0 Å². The van der Waals surface area contributed by atoms with Gasteiger partial charge in [0.15, 0.2) is 0 Å². The highest BCUT2D eigenvalue weighted by atomic mass is 16.5. The third-order valence-corrected chi connectivity index (χ3v) is 4.06. The molecule has 0 saturated carbocycles. The third-order valence-electron chi connectivity index (χ3n) is 4.06. The molecule has 0 spiro atoms. The van der Waals surface area contributed by atoms with Crippen molar-refractivity contribution in [1.29, 1.82) is 5.26 Å². The molecule has 0 radical (unpaired) electrons. The summed E-state index contributed by atoms with van der Waals surface area (Å²) in [6.07, 6.45) is -0.776. The quantitative estimate of drug-likeness (QED) is 0.358. The highest BCUT2D eigenvalue weighted by Gasteiger charge is 2.10. The van der Waals surface area contributed by atoms with Gasteiger partial charge in [0.25, 0.3) is 0 Å². The van der Waals surface area contributed by atoms with E-state index in [9.17, 15) is 15.2 Å². The molecule has 2 rings (SSSR count). The van der Waals surface area contributed by atoms with Gasteiger partial charge in [-0.25, -0.2) is 4.79 Å². The number of rotatable bonds is 13. The van der Waals surface area contributed by atoms with Gasteiger partial charge < -0.3 is 35.3 Å². The molecular weight excluding hydrogens is 400 g/mol. The van der Waals surface area contributed by atoms with Gasteiger partial charge in [0.05, 0.1) is 12.2 Å². The van der Waals surface area contributed by atoms with Gasteiger partial charge in [-0.15, -0.1) is 0 Å². The number of carbonyl (C=O) groups excluding carboxylic acids is 1. The van der Waals surface area contributed by atoms with E-state index in [4.69, 9.17) is 14.2 Å². The SMILES string of the molecule is COCCOc1ccc(OCC(O)CNCCNC(=O)Nc2ccccc2)c(C#N)c1. The Labute approximate surface area is 181 Å². The summed E-state index contributed by atoms with van der Waals surface area (Å²) < 4.78 is 15.9. The van der Waals surface area contributed by atoms with Crippen molar-refractivity contribution in [3.05, 3.63) is 54.1 Å². The normalized spacial score (nSPS) is 11.3. The Bertz CT molecular complexity index is 842. The lowest BCUT2D eigenvalue weighted by atomic mass is 10.2. The number of nitrogens with zero attached hydrogens (tertiary/aromatic N) is 1. The number of carbonyl (C=O) groups is 1. The fourth-order valence-corrected chi connectivity index (χ4v) is 2.53. The van der Waals surface area contributed by atoms with E-state index in [1.165, 1.54) is 0 Å². The molecular formula is C22H28N4O5. The van der Waals surface area contributed by atoms with Gasteiger partial charge in [-0.3, -0.25) is 0 Å². The van der Waals surface area contributed by atoms with Crippen molar-refractivity contribution < 1.29 is 24.1 Å². The van der Waals surface area contributed by atoms with Gasteiger partial charge in [0, 0.05) is 38.5 Å². The maximum absolute atomic E-state index is 11.8. The Morgan fingerprint density at radius 2 is 1.94 bits per heavy atom. The van der Waals surface area contributed by atoms with E-state index < -0.39 is 6.10 Å². The smallest absolute Gasteiger partial charge is 0.319 e. The number of amides is 2. The van der Waals surface area contributed by atoms with Crippen LogP contribution in [0.2, 0.25) is 0 Å². The van der Waals surface area contributed by atoms with E-state index in [1.807, 2.05) is 18.2 Å². The predicted molar refractivity (Wildman–Crippen MR) is 116 cm³/mol. The van der Waals surface area contributed by atoms with E-state index in [2.05, 4.69) is 22.0 Å². The second-order valence-corrected chi connectivity index (χ2v) is 6.53. The maximum atomic E-state index is 11.8. The molecule has 1 atom stereocenters. The number of methoxy groups -OCH3 is 1. The molecule has 0 aromatic heterocycles. The Balaban J connectivity index is 1.62. The van der Waals surface area contributed by atoms with Gasteiger partial charge in [-0.1, -0.05) is 18.2 Å². The average Bonchev–Trinajstić information content (AvgIpc) is 2.78. The highest BCUT2D eigenvalue weighted by Crippen LogP contribution is 2.23. The van der Waals surface area contributed by atoms with Crippen LogP contribution in [0, 0.1) is 11.3 Å². The van der Waals surface area contributed by atoms with Crippen molar-refractivity contribution >= 4 is 11.7 Å². The average molecular weight is 428 g/mol. The number of urea groups is 1. The number of nitrogens with one attached hydrogen (secondary N) is 3. The summed E-state index contributed by atoms with van der Waals surface area (Å²) in [5, 5.41) is 27.8. The van der Waals surface area contributed by atoms with Crippen LogP contribution in [0.15, 0.2) is 48.5 Å². The number of benzene rings is 2. The molecule has 0 fully saturated rings. The second-order valence-electron chi connectivity index (χ2n) is 6.53.